The van der Waals surface area contributed by atoms with Gasteiger partial charge in [0.25, 0.3) is 0 Å². The highest BCUT2D eigenvalue weighted by atomic mass is 16.3. The molecule has 1 unspecified atom stereocenters. The van der Waals surface area contributed by atoms with E-state index in [9.17, 15) is 9.90 Å². The summed E-state index contributed by atoms with van der Waals surface area (Å²) in [5.41, 5.74) is 1.97. The summed E-state index contributed by atoms with van der Waals surface area (Å²) in [4.78, 5) is 15.9. The molecule has 2 amide bonds. The molecule has 0 saturated carbocycles. The number of hydrogen-bond donors (Lipinski definition) is 3. The van der Waals surface area contributed by atoms with E-state index in [4.69, 9.17) is 0 Å². The van der Waals surface area contributed by atoms with Crippen LogP contribution in [0.4, 0.5) is 4.79 Å². The van der Waals surface area contributed by atoms with E-state index in [-0.39, 0.29) is 17.8 Å². The molecule has 0 spiro atoms. The molecule has 2 aromatic rings. The number of phenols is 1. The Labute approximate surface area is 130 Å². The fourth-order valence-corrected chi connectivity index (χ4v) is 2.07. The predicted octanol–water partition coefficient (Wildman–Crippen LogP) is 2.61. The van der Waals surface area contributed by atoms with Crippen molar-refractivity contribution in [3.8, 4) is 5.75 Å². The summed E-state index contributed by atoms with van der Waals surface area (Å²) >= 11 is 0. The van der Waals surface area contributed by atoms with E-state index < -0.39 is 0 Å². The summed E-state index contributed by atoms with van der Waals surface area (Å²) in [6, 6.07) is 12.6. The second kappa shape index (κ2) is 8.02. The molecule has 2 rings (SSSR count). The van der Waals surface area contributed by atoms with Crippen LogP contribution in [0, 0.1) is 0 Å². The molecule has 116 valence electrons. The number of aromatic hydroxyl groups is 1. The van der Waals surface area contributed by atoms with Crippen molar-refractivity contribution in [2.75, 3.05) is 0 Å². The first-order valence-electron chi connectivity index (χ1n) is 7.35. The van der Waals surface area contributed by atoms with Gasteiger partial charge >= 0.3 is 6.03 Å². The lowest BCUT2D eigenvalue weighted by Gasteiger charge is -2.14. The number of aryl methyl sites for hydroxylation is 1. The van der Waals surface area contributed by atoms with Gasteiger partial charge in [-0.2, -0.15) is 0 Å². The van der Waals surface area contributed by atoms with Gasteiger partial charge in [0.1, 0.15) is 5.75 Å². The Morgan fingerprint density at radius 2 is 2.00 bits per heavy atom. The van der Waals surface area contributed by atoms with Gasteiger partial charge in [-0.05, 0) is 49.6 Å². The second-order valence-electron chi connectivity index (χ2n) is 5.25. The third-order valence-electron chi connectivity index (χ3n) is 3.34. The van der Waals surface area contributed by atoms with Gasteiger partial charge in [0.05, 0.1) is 12.2 Å². The van der Waals surface area contributed by atoms with Crippen LogP contribution >= 0.6 is 0 Å². The number of carbonyl (C=O) groups is 1. The van der Waals surface area contributed by atoms with Crippen molar-refractivity contribution in [1.29, 1.82) is 0 Å². The number of benzene rings is 1. The highest BCUT2D eigenvalue weighted by molar-refractivity contribution is 5.74. The van der Waals surface area contributed by atoms with Crippen LogP contribution in [0.25, 0.3) is 0 Å². The van der Waals surface area contributed by atoms with E-state index in [1.54, 1.807) is 18.3 Å². The maximum absolute atomic E-state index is 11.8. The molecule has 0 fully saturated rings. The van der Waals surface area contributed by atoms with E-state index in [2.05, 4.69) is 15.6 Å². The van der Waals surface area contributed by atoms with Crippen molar-refractivity contribution < 1.29 is 9.90 Å². The van der Waals surface area contributed by atoms with Crippen molar-refractivity contribution in [2.24, 2.45) is 0 Å². The van der Waals surface area contributed by atoms with Gasteiger partial charge in [-0.1, -0.05) is 18.2 Å². The minimum atomic E-state index is -0.191. The molecular weight excluding hydrogens is 278 g/mol. The second-order valence-corrected chi connectivity index (χ2v) is 5.25. The highest BCUT2D eigenvalue weighted by Crippen LogP contribution is 2.11. The summed E-state index contributed by atoms with van der Waals surface area (Å²) in [5.74, 6) is 0.267. The smallest absolute Gasteiger partial charge is 0.315 e. The van der Waals surface area contributed by atoms with Gasteiger partial charge in [-0.3, -0.25) is 4.98 Å². The molecule has 3 N–H and O–H groups in total. The Kier molecular flexibility index (Phi) is 5.77. The summed E-state index contributed by atoms with van der Waals surface area (Å²) in [7, 11) is 0. The largest absolute Gasteiger partial charge is 0.508 e. The van der Waals surface area contributed by atoms with Crippen molar-refractivity contribution >= 4 is 6.03 Å². The topological polar surface area (TPSA) is 74.2 Å². The minimum Gasteiger partial charge on any atom is -0.508 e. The standard InChI is InChI=1S/C17H21N3O2/c1-13(5-6-14-7-9-16(21)10-8-14)20-17(22)19-12-15-4-2-3-11-18-15/h2-4,7-11,13,21H,5-6,12H2,1H3,(H2,19,20,22). The number of rotatable bonds is 6. The number of urea groups is 1. The van der Waals surface area contributed by atoms with Crippen LogP contribution in [-0.2, 0) is 13.0 Å². The molecule has 0 aliphatic carbocycles. The molecule has 1 aromatic carbocycles. The van der Waals surface area contributed by atoms with Crippen molar-refractivity contribution in [2.45, 2.75) is 32.4 Å². The molecular formula is C17H21N3O2. The van der Waals surface area contributed by atoms with Crippen LogP contribution < -0.4 is 10.6 Å². The van der Waals surface area contributed by atoms with Gasteiger partial charge in [0.2, 0.25) is 0 Å². The van der Waals surface area contributed by atoms with E-state index >= 15 is 0 Å². The van der Waals surface area contributed by atoms with E-state index in [0.29, 0.717) is 6.54 Å². The van der Waals surface area contributed by atoms with E-state index in [1.807, 2.05) is 37.3 Å². The number of amides is 2. The number of pyridine rings is 1. The first-order chi connectivity index (χ1) is 10.6. The monoisotopic (exact) mass is 299 g/mol. The van der Waals surface area contributed by atoms with E-state index in [0.717, 1.165) is 24.1 Å². The molecule has 5 nitrogen and oxygen atoms in total. The molecule has 22 heavy (non-hydrogen) atoms. The normalized spacial score (nSPS) is 11.7. The summed E-state index contributed by atoms with van der Waals surface area (Å²) in [5, 5.41) is 14.9. The lowest BCUT2D eigenvalue weighted by Crippen LogP contribution is -2.40. The van der Waals surface area contributed by atoms with Gasteiger partial charge in [-0.15, -0.1) is 0 Å². The third-order valence-corrected chi connectivity index (χ3v) is 3.34. The molecule has 0 bridgehead atoms. The Morgan fingerprint density at radius 1 is 1.23 bits per heavy atom. The van der Waals surface area contributed by atoms with Crippen LogP contribution in [0.15, 0.2) is 48.7 Å². The van der Waals surface area contributed by atoms with Crippen LogP contribution in [-0.4, -0.2) is 22.2 Å². The zero-order valence-corrected chi connectivity index (χ0v) is 12.6. The summed E-state index contributed by atoms with van der Waals surface area (Å²) in [6.07, 6.45) is 3.39. The Morgan fingerprint density at radius 3 is 2.68 bits per heavy atom. The van der Waals surface area contributed by atoms with Gasteiger partial charge in [0.15, 0.2) is 0 Å². The fraction of sp³-hybridized carbons (Fsp3) is 0.294. The molecule has 0 aliphatic heterocycles. The van der Waals surface area contributed by atoms with Crippen molar-refractivity contribution in [1.82, 2.24) is 15.6 Å². The average Bonchev–Trinajstić information content (AvgIpc) is 2.53. The number of carbonyl (C=O) groups excluding carboxylic acids is 1. The van der Waals surface area contributed by atoms with Crippen molar-refractivity contribution in [3.05, 3.63) is 59.9 Å². The third kappa shape index (κ3) is 5.44. The van der Waals surface area contributed by atoms with Crippen molar-refractivity contribution in [3.63, 3.8) is 0 Å². The summed E-state index contributed by atoms with van der Waals surface area (Å²) in [6.45, 7) is 2.39. The highest BCUT2D eigenvalue weighted by Gasteiger charge is 2.07. The lowest BCUT2D eigenvalue weighted by atomic mass is 10.1. The van der Waals surface area contributed by atoms with Crippen LogP contribution in [0.5, 0.6) is 5.75 Å². The number of hydrogen-bond acceptors (Lipinski definition) is 3. The minimum absolute atomic E-state index is 0.0672. The zero-order chi connectivity index (χ0) is 15.8. The van der Waals surface area contributed by atoms with E-state index in [1.165, 1.54) is 0 Å². The molecule has 1 heterocycles. The Balaban J connectivity index is 1.68. The molecule has 0 aliphatic rings. The van der Waals surface area contributed by atoms with Gasteiger partial charge in [-0.25, -0.2) is 4.79 Å². The maximum Gasteiger partial charge on any atom is 0.315 e. The Bertz CT molecular complexity index is 585. The van der Waals surface area contributed by atoms with Gasteiger partial charge < -0.3 is 15.7 Å². The molecule has 0 radical (unpaired) electrons. The zero-order valence-electron chi connectivity index (χ0n) is 12.6. The fourth-order valence-electron chi connectivity index (χ4n) is 2.07. The number of nitrogens with one attached hydrogen (secondary N) is 2. The molecule has 1 aromatic heterocycles. The van der Waals surface area contributed by atoms with Crippen LogP contribution in [0.3, 0.4) is 0 Å². The molecule has 5 heteroatoms. The molecule has 0 saturated heterocycles. The van der Waals surface area contributed by atoms with Crippen LogP contribution in [0.2, 0.25) is 0 Å². The summed E-state index contributed by atoms with van der Waals surface area (Å²) < 4.78 is 0. The van der Waals surface area contributed by atoms with Crippen LogP contribution in [0.1, 0.15) is 24.6 Å². The predicted molar refractivity (Wildman–Crippen MR) is 85.5 cm³/mol. The number of nitrogens with zero attached hydrogens (tertiary/aromatic N) is 1. The molecule has 1 atom stereocenters. The maximum atomic E-state index is 11.8. The quantitative estimate of drug-likeness (QED) is 0.767. The van der Waals surface area contributed by atoms with Gasteiger partial charge in [0, 0.05) is 12.2 Å². The number of aromatic nitrogens is 1. The first kappa shape index (κ1) is 15.8. The Hall–Kier alpha value is -2.56. The SMILES string of the molecule is CC(CCc1ccc(O)cc1)NC(=O)NCc1ccccn1. The average molecular weight is 299 g/mol. The number of phenolic OH excluding ortho intramolecular Hbond substituents is 1. The first-order valence-corrected chi connectivity index (χ1v) is 7.35. The lowest BCUT2D eigenvalue weighted by molar-refractivity contribution is 0.236.